The van der Waals surface area contributed by atoms with Crippen LogP contribution >= 0.6 is 0 Å². The summed E-state index contributed by atoms with van der Waals surface area (Å²) in [5.74, 6) is 0.605. The lowest BCUT2D eigenvalue weighted by atomic mass is 10.2. The molecule has 0 spiro atoms. The zero-order valence-electron chi connectivity index (χ0n) is 20.3. The van der Waals surface area contributed by atoms with E-state index in [1.807, 2.05) is 12.1 Å². The number of carbonyl (C=O) groups excluding carboxylic acids is 3. The molecule has 0 radical (unpaired) electrons. The van der Waals surface area contributed by atoms with Gasteiger partial charge in [0.2, 0.25) is 0 Å². The topological polar surface area (TPSA) is 133 Å². The van der Waals surface area contributed by atoms with Crippen LogP contribution in [0.5, 0.6) is 0 Å². The smallest absolute Gasteiger partial charge is 0.331 e. The number of pyridine rings is 4. The van der Waals surface area contributed by atoms with Gasteiger partial charge in [0.25, 0.3) is 11.8 Å². The van der Waals surface area contributed by atoms with E-state index in [1.54, 1.807) is 71.0 Å². The van der Waals surface area contributed by atoms with Gasteiger partial charge >= 0.3 is 6.03 Å². The van der Waals surface area contributed by atoms with Gasteiger partial charge in [0.15, 0.2) is 0 Å². The number of anilines is 2. The Labute approximate surface area is 218 Å². The fourth-order valence-electron chi connectivity index (χ4n) is 3.89. The van der Waals surface area contributed by atoms with E-state index in [0.29, 0.717) is 48.9 Å². The lowest BCUT2D eigenvalue weighted by Crippen LogP contribution is -2.32. The van der Waals surface area contributed by atoms with Gasteiger partial charge in [-0.1, -0.05) is 12.1 Å². The molecule has 0 bridgehead atoms. The molecule has 1 fully saturated rings. The van der Waals surface area contributed by atoms with Crippen molar-refractivity contribution < 1.29 is 14.4 Å². The highest BCUT2D eigenvalue weighted by molar-refractivity contribution is 6.05. The molecule has 1 saturated heterocycles. The van der Waals surface area contributed by atoms with Crippen molar-refractivity contribution in [1.29, 1.82) is 0 Å². The maximum atomic E-state index is 13.1. The van der Waals surface area contributed by atoms with Crippen LogP contribution in [0.2, 0.25) is 0 Å². The Morgan fingerprint density at radius 1 is 0.684 bits per heavy atom. The fraction of sp³-hybridized carbons (Fsp3) is 0.148. The molecule has 5 heterocycles. The first kappa shape index (κ1) is 24.5. The minimum absolute atomic E-state index is 0.220. The molecular weight excluding hydrogens is 484 g/mol. The highest BCUT2D eigenvalue weighted by Gasteiger charge is 2.32. The Balaban J connectivity index is 1.14. The number of urea groups is 1. The van der Waals surface area contributed by atoms with Crippen molar-refractivity contribution in [2.45, 2.75) is 13.1 Å². The predicted octanol–water partition coefficient (Wildman–Crippen LogP) is 2.57. The van der Waals surface area contributed by atoms with Crippen LogP contribution in [0, 0.1) is 0 Å². The second-order valence-corrected chi connectivity index (χ2v) is 8.48. The van der Waals surface area contributed by atoms with Crippen molar-refractivity contribution in [3.63, 3.8) is 0 Å². The summed E-state index contributed by atoms with van der Waals surface area (Å²) in [6.45, 7) is 1.54. The Morgan fingerprint density at radius 3 is 1.53 bits per heavy atom. The van der Waals surface area contributed by atoms with Crippen molar-refractivity contribution >= 4 is 29.5 Å². The van der Waals surface area contributed by atoms with Crippen LogP contribution < -0.4 is 20.4 Å². The summed E-state index contributed by atoms with van der Waals surface area (Å²) in [7, 11) is 0. The van der Waals surface area contributed by atoms with Gasteiger partial charge in [-0.2, -0.15) is 0 Å². The van der Waals surface area contributed by atoms with Gasteiger partial charge in [-0.05, 0) is 47.5 Å². The molecule has 0 atom stereocenters. The lowest BCUT2D eigenvalue weighted by molar-refractivity contribution is 0.0942. The van der Waals surface area contributed by atoms with Crippen LogP contribution in [0.4, 0.5) is 16.4 Å². The molecule has 1 aliphatic heterocycles. The lowest BCUT2D eigenvalue weighted by Gasteiger charge is -2.18. The van der Waals surface area contributed by atoms with Crippen molar-refractivity contribution in [3.05, 3.63) is 108 Å². The molecule has 38 heavy (non-hydrogen) atoms. The summed E-state index contributed by atoms with van der Waals surface area (Å²) in [4.78, 5) is 57.4. The summed E-state index contributed by atoms with van der Waals surface area (Å²) < 4.78 is 0. The number of hydrogen-bond donors (Lipinski definition) is 2. The molecule has 190 valence electrons. The van der Waals surface area contributed by atoms with Crippen LogP contribution in [0.1, 0.15) is 31.8 Å². The number of carbonyl (C=O) groups is 3. The van der Waals surface area contributed by atoms with Crippen molar-refractivity contribution in [3.8, 4) is 0 Å². The Kier molecular flexibility index (Phi) is 7.25. The third-order valence-corrected chi connectivity index (χ3v) is 5.93. The summed E-state index contributed by atoms with van der Waals surface area (Å²) in [5, 5.41) is 5.66. The Morgan fingerprint density at radius 2 is 1.16 bits per heavy atom. The largest absolute Gasteiger partial charge is 0.348 e. The first-order valence-electron chi connectivity index (χ1n) is 11.9. The minimum atomic E-state index is -0.222. The molecule has 0 saturated carbocycles. The van der Waals surface area contributed by atoms with E-state index >= 15 is 0 Å². The molecule has 4 aromatic heterocycles. The highest BCUT2D eigenvalue weighted by atomic mass is 16.2. The molecule has 0 aliphatic carbocycles. The van der Waals surface area contributed by atoms with Gasteiger partial charge in [0.1, 0.15) is 11.6 Å². The van der Waals surface area contributed by atoms with Crippen LogP contribution in [-0.2, 0) is 13.1 Å². The number of amides is 4. The molecule has 11 nitrogen and oxygen atoms in total. The molecule has 1 aliphatic rings. The van der Waals surface area contributed by atoms with E-state index in [1.165, 1.54) is 12.4 Å². The van der Waals surface area contributed by atoms with E-state index in [2.05, 4.69) is 30.6 Å². The molecule has 0 unspecified atom stereocenters. The third kappa shape index (κ3) is 5.62. The summed E-state index contributed by atoms with van der Waals surface area (Å²) in [6, 6.07) is 13.7. The van der Waals surface area contributed by atoms with Crippen molar-refractivity contribution in [2.75, 3.05) is 22.9 Å². The second-order valence-electron chi connectivity index (χ2n) is 8.48. The van der Waals surface area contributed by atoms with E-state index < -0.39 is 0 Å². The molecular formula is C27H24N8O3. The third-order valence-electron chi connectivity index (χ3n) is 5.93. The molecule has 4 aromatic rings. The van der Waals surface area contributed by atoms with E-state index in [0.717, 1.165) is 11.1 Å². The maximum absolute atomic E-state index is 13.1. The van der Waals surface area contributed by atoms with E-state index in [9.17, 15) is 14.4 Å². The first-order valence-corrected chi connectivity index (χ1v) is 11.9. The second kappa shape index (κ2) is 11.2. The summed E-state index contributed by atoms with van der Waals surface area (Å²) >= 11 is 0. The van der Waals surface area contributed by atoms with Gasteiger partial charge in [-0.25, -0.2) is 14.8 Å². The Hall–Kier alpha value is -5.19. The number of nitrogens with one attached hydrogen (secondary N) is 2. The van der Waals surface area contributed by atoms with Crippen molar-refractivity contribution in [1.82, 2.24) is 30.6 Å². The quantitative estimate of drug-likeness (QED) is 0.374. The zero-order valence-corrected chi connectivity index (χ0v) is 20.3. The van der Waals surface area contributed by atoms with Crippen LogP contribution in [-0.4, -0.2) is 50.9 Å². The zero-order chi connectivity index (χ0) is 26.3. The first-order chi connectivity index (χ1) is 18.6. The SMILES string of the molecule is O=C(NCc1ccc(N2CCN(c3ccc(CNC(=O)c4cccnc4)cn3)C2=O)nc1)c1cccnc1. The number of hydrogen-bond acceptors (Lipinski definition) is 7. The Bertz CT molecular complexity index is 1310. The molecule has 0 aromatic carbocycles. The highest BCUT2D eigenvalue weighted by Crippen LogP contribution is 2.23. The normalized spacial score (nSPS) is 12.9. The molecule has 5 rings (SSSR count). The number of aromatic nitrogens is 4. The molecule has 4 amide bonds. The standard InChI is InChI=1S/C27H24N8O3/c36-25(21-3-1-9-28-17-21)32-15-19-5-7-23(30-13-19)34-11-12-35(27(34)38)24-8-6-20(14-31-24)16-33-26(37)22-4-2-10-29-18-22/h1-10,13-14,17-18H,11-12,15-16H2,(H,32,36)(H,33,37). The summed E-state index contributed by atoms with van der Waals surface area (Å²) in [5.41, 5.74) is 2.58. The van der Waals surface area contributed by atoms with E-state index in [4.69, 9.17) is 0 Å². The van der Waals surface area contributed by atoms with Crippen molar-refractivity contribution in [2.24, 2.45) is 0 Å². The van der Waals surface area contributed by atoms with Gasteiger partial charge in [0, 0.05) is 63.4 Å². The molecule has 11 heteroatoms. The summed E-state index contributed by atoms with van der Waals surface area (Å²) in [6.07, 6.45) is 9.51. The molecule has 2 N–H and O–H groups in total. The fourth-order valence-corrected chi connectivity index (χ4v) is 3.89. The van der Waals surface area contributed by atoms with Crippen LogP contribution in [0.3, 0.4) is 0 Å². The van der Waals surface area contributed by atoms with Gasteiger partial charge < -0.3 is 10.6 Å². The average molecular weight is 509 g/mol. The van der Waals surface area contributed by atoms with Gasteiger partial charge in [-0.3, -0.25) is 29.4 Å². The van der Waals surface area contributed by atoms with Gasteiger partial charge in [0.05, 0.1) is 11.1 Å². The van der Waals surface area contributed by atoms with Crippen LogP contribution in [0.25, 0.3) is 0 Å². The van der Waals surface area contributed by atoms with E-state index in [-0.39, 0.29) is 17.8 Å². The predicted molar refractivity (Wildman–Crippen MR) is 139 cm³/mol. The van der Waals surface area contributed by atoms with Gasteiger partial charge in [-0.15, -0.1) is 0 Å². The minimum Gasteiger partial charge on any atom is -0.348 e. The maximum Gasteiger partial charge on any atom is 0.331 e. The number of rotatable bonds is 8. The number of nitrogens with zero attached hydrogens (tertiary/aromatic N) is 6. The average Bonchev–Trinajstić information content (AvgIpc) is 3.37. The van der Waals surface area contributed by atoms with Crippen LogP contribution in [0.15, 0.2) is 85.7 Å². The monoisotopic (exact) mass is 508 g/mol.